The molecule has 1 aliphatic rings. The maximum Gasteiger partial charge on any atom is 0.265 e. The molecule has 0 aliphatic carbocycles. The zero-order valence-electron chi connectivity index (χ0n) is 13.0. The van der Waals surface area contributed by atoms with E-state index in [1.807, 2.05) is 0 Å². The van der Waals surface area contributed by atoms with Gasteiger partial charge in [-0.25, -0.2) is 4.39 Å². The van der Waals surface area contributed by atoms with Gasteiger partial charge in [-0.15, -0.1) is 0 Å². The summed E-state index contributed by atoms with van der Waals surface area (Å²) >= 11 is 5.99. The Kier molecular flexibility index (Phi) is 4.53. The van der Waals surface area contributed by atoms with Crippen LogP contribution in [0.3, 0.4) is 0 Å². The number of nitrogens with zero attached hydrogens (tertiary/aromatic N) is 3. The second-order valence-electron chi connectivity index (χ2n) is 5.53. The molecule has 0 unspecified atom stereocenters. The van der Waals surface area contributed by atoms with Crippen molar-refractivity contribution in [3.05, 3.63) is 46.4 Å². The normalized spacial score (nSPS) is 14.3. The average Bonchev–Trinajstić information content (AvgIpc) is 3.13. The number of carbonyl (C=O) groups excluding carboxylic acids is 2. The molecule has 2 heterocycles. The minimum Gasteiger partial charge on any atom is -0.360 e. The second-order valence-corrected chi connectivity index (χ2v) is 5.93. The number of benzene rings is 1. The molecule has 1 fully saturated rings. The van der Waals surface area contributed by atoms with Gasteiger partial charge in [-0.3, -0.25) is 14.5 Å². The van der Waals surface area contributed by atoms with E-state index in [1.54, 1.807) is 13.0 Å². The Morgan fingerprint density at radius 3 is 2.88 bits per heavy atom. The van der Waals surface area contributed by atoms with E-state index in [4.69, 9.17) is 16.1 Å². The van der Waals surface area contributed by atoms with E-state index >= 15 is 0 Å². The molecular formula is C16H15ClFN3O3. The summed E-state index contributed by atoms with van der Waals surface area (Å²) in [6, 6.07) is 5.56. The lowest BCUT2D eigenvalue weighted by atomic mass is 10.2. The van der Waals surface area contributed by atoms with Crippen LogP contribution in [-0.4, -0.2) is 35.1 Å². The Balaban J connectivity index is 1.97. The van der Waals surface area contributed by atoms with Gasteiger partial charge in [0, 0.05) is 19.0 Å². The first kappa shape index (κ1) is 16.4. The van der Waals surface area contributed by atoms with Crippen LogP contribution in [0.4, 0.5) is 10.2 Å². The lowest BCUT2D eigenvalue weighted by Crippen LogP contribution is -2.43. The minimum atomic E-state index is -0.731. The summed E-state index contributed by atoms with van der Waals surface area (Å²) in [6.45, 7) is 2.18. The summed E-state index contributed by atoms with van der Waals surface area (Å²) in [5, 5.41) is 3.81. The molecule has 0 radical (unpaired) electrons. The van der Waals surface area contributed by atoms with Crippen LogP contribution in [0.25, 0.3) is 0 Å². The quantitative estimate of drug-likeness (QED) is 0.849. The molecule has 1 aliphatic heterocycles. The Hall–Kier alpha value is -2.41. The van der Waals surface area contributed by atoms with Crippen molar-refractivity contribution in [3.63, 3.8) is 0 Å². The molecule has 126 valence electrons. The monoisotopic (exact) mass is 351 g/mol. The van der Waals surface area contributed by atoms with Gasteiger partial charge in [0.2, 0.25) is 5.91 Å². The lowest BCUT2D eigenvalue weighted by molar-refractivity contribution is -0.127. The number of rotatable bonds is 4. The zero-order valence-corrected chi connectivity index (χ0v) is 13.7. The standard InChI is InChI=1S/C16H15ClFN3O3/c1-10-8-13(19-24-10)21(9-20-7-3-6-14(20)22)16(23)15-11(17)4-2-5-12(15)18/h2,4-5,8H,3,6-7,9H2,1H3. The van der Waals surface area contributed by atoms with Crippen molar-refractivity contribution in [2.24, 2.45) is 0 Å². The molecule has 0 saturated carbocycles. The van der Waals surface area contributed by atoms with Crippen molar-refractivity contribution in [1.29, 1.82) is 0 Å². The fourth-order valence-corrected chi connectivity index (χ4v) is 2.83. The maximum atomic E-state index is 14.1. The van der Waals surface area contributed by atoms with Gasteiger partial charge in [0.25, 0.3) is 5.91 Å². The molecule has 8 heteroatoms. The van der Waals surface area contributed by atoms with E-state index in [0.29, 0.717) is 18.7 Å². The summed E-state index contributed by atoms with van der Waals surface area (Å²) in [5.74, 6) is -0.768. The molecule has 0 N–H and O–H groups in total. The molecule has 2 aromatic rings. The highest BCUT2D eigenvalue weighted by molar-refractivity contribution is 6.34. The third kappa shape index (κ3) is 3.12. The predicted molar refractivity (Wildman–Crippen MR) is 85.3 cm³/mol. The molecule has 1 aromatic heterocycles. The number of halogens is 2. The Labute approximate surface area is 142 Å². The van der Waals surface area contributed by atoms with Crippen LogP contribution in [0, 0.1) is 12.7 Å². The highest BCUT2D eigenvalue weighted by atomic mass is 35.5. The maximum absolute atomic E-state index is 14.1. The molecule has 2 amide bonds. The van der Waals surface area contributed by atoms with Crippen LogP contribution in [0.2, 0.25) is 5.02 Å². The number of aryl methyl sites for hydroxylation is 1. The van der Waals surface area contributed by atoms with E-state index in [9.17, 15) is 14.0 Å². The Morgan fingerprint density at radius 1 is 1.50 bits per heavy atom. The third-order valence-corrected chi connectivity index (χ3v) is 4.11. The fraction of sp³-hybridized carbons (Fsp3) is 0.312. The number of hydrogen-bond donors (Lipinski definition) is 0. The molecule has 0 atom stereocenters. The molecule has 0 bridgehead atoms. The Morgan fingerprint density at radius 2 is 2.29 bits per heavy atom. The van der Waals surface area contributed by atoms with Crippen molar-refractivity contribution in [2.45, 2.75) is 19.8 Å². The second kappa shape index (κ2) is 6.60. The van der Waals surface area contributed by atoms with E-state index in [1.165, 1.54) is 21.9 Å². The average molecular weight is 352 g/mol. The van der Waals surface area contributed by atoms with E-state index < -0.39 is 11.7 Å². The molecule has 0 spiro atoms. The molecule has 1 aromatic carbocycles. The van der Waals surface area contributed by atoms with Gasteiger partial charge in [-0.2, -0.15) is 0 Å². The summed E-state index contributed by atoms with van der Waals surface area (Å²) < 4.78 is 19.1. The molecule has 3 rings (SSSR count). The van der Waals surface area contributed by atoms with Gasteiger partial charge >= 0.3 is 0 Å². The fourth-order valence-electron chi connectivity index (χ4n) is 2.58. The van der Waals surface area contributed by atoms with Crippen molar-refractivity contribution in [1.82, 2.24) is 10.1 Å². The number of hydrogen-bond acceptors (Lipinski definition) is 4. The highest BCUT2D eigenvalue weighted by Crippen LogP contribution is 2.25. The summed E-state index contributed by atoms with van der Waals surface area (Å²) in [4.78, 5) is 27.5. The summed E-state index contributed by atoms with van der Waals surface area (Å²) in [5.41, 5.74) is -0.258. The highest BCUT2D eigenvalue weighted by Gasteiger charge is 2.30. The minimum absolute atomic E-state index is 0.00188. The molecular weight excluding hydrogens is 337 g/mol. The SMILES string of the molecule is Cc1cc(N(CN2CCCC2=O)C(=O)c2c(F)cccc2Cl)no1. The topological polar surface area (TPSA) is 66.7 Å². The largest absolute Gasteiger partial charge is 0.360 e. The Bertz CT molecular complexity index is 772. The first-order valence-corrected chi connectivity index (χ1v) is 7.82. The smallest absolute Gasteiger partial charge is 0.265 e. The van der Waals surface area contributed by atoms with E-state index in [0.717, 1.165) is 12.5 Å². The lowest BCUT2D eigenvalue weighted by Gasteiger charge is -2.26. The summed E-state index contributed by atoms with van der Waals surface area (Å²) in [7, 11) is 0. The van der Waals surface area contributed by atoms with Crippen molar-refractivity contribution in [3.8, 4) is 0 Å². The van der Waals surface area contributed by atoms with Gasteiger partial charge in [0.15, 0.2) is 5.82 Å². The van der Waals surface area contributed by atoms with Crippen LogP contribution in [-0.2, 0) is 4.79 Å². The van der Waals surface area contributed by atoms with Gasteiger partial charge in [-0.05, 0) is 25.5 Å². The van der Waals surface area contributed by atoms with Crippen LogP contribution >= 0.6 is 11.6 Å². The first-order chi connectivity index (χ1) is 11.5. The number of carbonyl (C=O) groups is 2. The number of likely N-dealkylation sites (tertiary alicyclic amines) is 1. The van der Waals surface area contributed by atoms with Gasteiger partial charge in [0.05, 0.1) is 10.6 Å². The molecule has 1 saturated heterocycles. The predicted octanol–water partition coefficient (Wildman–Crippen LogP) is 3.00. The third-order valence-electron chi connectivity index (χ3n) is 3.80. The molecule has 24 heavy (non-hydrogen) atoms. The van der Waals surface area contributed by atoms with Gasteiger partial charge in [0.1, 0.15) is 18.2 Å². The van der Waals surface area contributed by atoms with Gasteiger partial charge < -0.3 is 9.42 Å². The molecule has 6 nitrogen and oxygen atoms in total. The first-order valence-electron chi connectivity index (χ1n) is 7.44. The van der Waals surface area contributed by atoms with Crippen LogP contribution in [0.5, 0.6) is 0 Å². The van der Waals surface area contributed by atoms with Crippen molar-refractivity contribution >= 4 is 29.2 Å². The number of anilines is 1. The number of amides is 2. The zero-order chi connectivity index (χ0) is 17.3. The van der Waals surface area contributed by atoms with E-state index in [2.05, 4.69) is 5.16 Å². The van der Waals surface area contributed by atoms with Crippen molar-refractivity contribution in [2.75, 3.05) is 18.1 Å². The van der Waals surface area contributed by atoms with E-state index in [-0.39, 0.29) is 29.0 Å². The van der Waals surface area contributed by atoms with Crippen LogP contribution in [0.1, 0.15) is 29.0 Å². The van der Waals surface area contributed by atoms with Crippen molar-refractivity contribution < 1.29 is 18.5 Å². The van der Waals surface area contributed by atoms with Crippen LogP contribution < -0.4 is 4.90 Å². The van der Waals surface area contributed by atoms with Gasteiger partial charge in [-0.1, -0.05) is 22.8 Å². The summed E-state index contributed by atoms with van der Waals surface area (Å²) in [6.07, 6.45) is 1.15. The number of aromatic nitrogens is 1. The van der Waals surface area contributed by atoms with Crippen LogP contribution in [0.15, 0.2) is 28.8 Å².